The second kappa shape index (κ2) is 10.4. The first-order chi connectivity index (χ1) is 16.1. The van der Waals surface area contributed by atoms with Gasteiger partial charge < -0.3 is 14.8 Å². The molecule has 0 saturated heterocycles. The number of halogens is 3. The molecule has 0 saturated carbocycles. The summed E-state index contributed by atoms with van der Waals surface area (Å²) < 4.78 is 74.5. The standard InChI is InChI=1S/C22H20F3N3O5S/c1-32-18-8-6-17(7-9-18)28-34(30,31)19-10-4-15(5-11-19)20(29)27-13-16-3-2-12-26-21(16)33-14-22(23,24)25/h2-12,28H,13-14H2,1H3,(H,27,29). The summed E-state index contributed by atoms with van der Waals surface area (Å²) in [7, 11) is -2.40. The van der Waals surface area contributed by atoms with Crippen molar-refractivity contribution in [2.45, 2.75) is 17.6 Å². The molecule has 2 N–H and O–H groups in total. The number of ether oxygens (including phenoxy) is 2. The first-order valence-electron chi connectivity index (χ1n) is 9.76. The van der Waals surface area contributed by atoms with Gasteiger partial charge in [-0.3, -0.25) is 9.52 Å². The van der Waals surface area contributed by atoms with Crippen molar-refractivity contribution in [2.24, 2.45) is 0 Å². The second-order valence-electron chi connectivity index (χ2n) is 6.91. The van der Waals surface area contributed by atoms with Crippen LogP contribution >= 0.6 is 0 Å². The van der Waals surface area contributed by atoms with Gasteiger partial charge in [0.15, 0.2) is 6.61 Å². The Balaban J connectivity index is 1.63. The van der Waals surface area contributed by atoms with Crippen molar-refractivity contribution in [1.29, 1.82) is 0 Å². The number of carbonyl (C=O) groups is 1. The van der Waals surface area contributed by atoms with Crippen LogP contribution in [0.5, 0.6) is 11.6 Å². The molecule has 0 fully saturated rings. The SMILES string of the molecule is COc1ccc(NS(=O)(=O)c2ccc(C(=O)NCc3cccnc3OCC(F)(F)F)cc2)cc1. The third-order valence-corrected chi connectivity index (χ3v) is 5.83. The number of carbonyl (C=O) groups excluding carboxylic acids is 1. The number of nitrogens with one attached hydrogen (secondary N) is 2. The van der Waals surface area contributed by atoms with E-state index in [1.54, 1.807) is 24.3 Å². The molecule has 2 aromatic carbocycles. The van der Waals surface area contributed by atoms with E-state index in [-0.39, 0.29) is 28.4 Å². The van der Waals surface area contributed by atoms with E-state index in [0.29, 0.717) is 11.4 Å². The molecule has 180 valence electrons. The second-order valence-corrected chi connectivity index (χ2v) is 8.59. The number of sulfonamides is 1. The highest BCUT2D eigenvalue weighted by atomic mass is 32.2. The summed E-state index contributed by atoms with van der Waals surface area (Å²) in [5, 5.41) is 2.54. The number of hydrogen-bond donors (Lipinski definition) is 2. The number of benzene rings is 2. The minimum Gasteiger partial charge on any atom is -0.497 e. The van der Waals surface area contributed by atoms with Crippen LogP contribution in [-0.4, -0.2) is 39.2 Å². The van der Waals surface area contributed by atoms with Crippen LogP contribution in [0.1, 0.15) is 15.9 Å². The third kappa shape index (κ3) is 6.85. The fourth-order valence-electron chi connectivity index (χ4n) is 2.77. The molecule has 0 radical (unpaired) electrons. The molecule has 0 atom stereocenters. The molecule has 0 spiro atoms. The van der Waals surface area contributed by atoms with Gasteiger partial charge in [0.1, 0.15) is 5.75 Å². The van der Waals surface area contributed by atoms with Crippen LogP contribution in [0.25, 0.3) is 0 Å². The zero-order valence-electron chi connectivity index (χ0n) is 17.8. The molecule has 0 bridgehead atoms. The Labute approximate surface area is 193 Å². The van der Waals surface area contributed by atoms with Crippen LogP contribution < -0.4 is 19.5 Å². The highest BCUT2D eigenvalue weighted by molar-refractivity contribution is 7.92. The quantitative estimate of drug-likeness (QED) is 0.468. The largest absolute Gasteiger partial charge is 0.497 e. The van der Waals surface area contributed by atoms with Crippen molar-refractivity contribution in [3.05, 3.63) is 78.0 Å². The number of hydrogen-bond acceptors (Lipinski definition) is 6. The van der Waals surface area contributed by atoms with E-state index in [1.165, 1.54) is 49.7 Å². The number of alkyl halides is 3. The lowest BCUT2D eigenvalue weighted by Gasteiger charge is -2.13. The van der Waals surface area contributed by atoms with Gasteiger partial charge >= 0.3 is 6.18 Å². The number of amides is 1. The Morgan fingerprint density at radius 1 is 1.03 bits per heavy atom. The normalized spacial score (nSPS) is 11.5. The predicted octanol–water partition coefficient (Wildman–Crippen LogP) is 3.76. The van der Waals surface area contributed by atoms with Crippen LogP contribution in [0.4, 0.5) is 18.9 Å². The molecule has 3 rings (SSSR count). The lowest BCUT2D eigenvalue weighted by atomic mass is 10.2. The molecule has 0 unspecified atom stereocenters. The fraction of sp³-hybridized carbons (Fsp3) is 0.182. The number of rotatable bonds is 9. The van der Waals surface area contributed by atoms with Gasteiger partial charge in [-0.15, -0.1) is 0 Å². The van der Waals surface area contributed by atoms with Crippen LogP contribution in [0, 0.1) is 0 Å². The minimum absolute atomic E-state index is 0.0602. The van der Waals surface area contributed by atoms with Crippen molar-refractivity contribution >= 4 is 21.6 Å². The summed E-state index contributed by atoms with van der Waals surface area (Å²) >= 11 is 0. The Hall–Kier alpha value is -3.80. The van der Waals surface area contributed by atoms with E-state index in [2.05, 4.69) is 19.8 Å². The monoisotopic (exact) mass is 495 g/mol. The molecule has 34 heavy (non-hydrogen) atoms. The van der Waals surface area contributed by atoms with E-state index in [9.17, 15) is 26.4 Å². The third-order valence-electron chi connectivity index (χ3n) is 4.43. The van der Waals surface area contributed by atoms with Crippen molar-refractivity contribution in [1.82, 2.24) is 10.3 Å². The predicted molar refractivity (Wildman–Crippen MR) is 117 cm³/mol. The summed E-state index contributed by atoms with van der Waals surface area (Å²) in [6.07, 6.45) is -3.25. The van der Waals surface area contributed by atoms with Crippen molar-refractivity contribution in [3.8, 4) is 11.6 Å². The van der Waals surface area contributed by atoms with E-state index in [1.807, 2.05) is 0 Å². The minimum atomic E-state index is -4.53. The first-order valence-corrected chi connectivity index (χ1v) is 11.2. The molecule has 1 amide bonds. The molecule has 0 aliphatic rings. The Kier molecular flexibility index (Phi) is 7.61. The van der Waals surface area contributed by atoms with Crippen LogP contribution in [0.3, 0.4) is 0 Å². The van der Waals surface area contributed by atoms with E-state index in [0.717, 1.165) is 0 Å². The van der Waals surface area contributed by atoms with Crippen molar-refractivity contribution in [3.63, 3.8) is 0 Å². The van der Waals surface area contributed by atoms with Gasteiger partial charge in [-0.2, -0.15) is 13.2 Å². The maximum absolute atomic E-state index is 12.6. The lowest BCUT2D eigenvalue weighted by Crippen LogP contribution is -2.24. The van der Waals surface area contributed by atoms with Gasteiger partial charge in [-0.25, -0.2) is 13.4 Å². The van der Waals surface area contributed by atoms with E-state index < -0.39 is 28.7 Å². The number of aromatic nitrogens is 1. The highest BCUT2D eigenvalue weighted by Crippen LogP contribution is 2.21. The molecule has 1 aromatic heterocycles. The summed E-state index contributed by atoms with van der Waals surface area (Å²) in [4.78, 5) is 16.1. The summed E-state index contributed by atoms with van der Waals surface area (Å²) in [5.41, 5.74) is 0.746. The van der Waals surface area contributed by atoms with Crippen molar-refractivity contribution in [2.75, 3.05) is 18.4 Å². The molecular formula is C22H20F3N3O5S. The molecule has 1 heterocycles. The Morgan fingerprint density at radius 2 is 1.71 bits per heavy atom. The van der Waals surface area contributed by atoms with Gasteiger partial charge in [0, 0.05) is 29.6 Å². The molecule has 0 aliphatic heterocycles. The topological polar surface area (TPSA) is 107 Å². The molecular weight excluding hydrogens is 475 g/mol. The fourth-order valence-corrected chi connectivity index (χ4v) is 3.83. The summed E-state index contributed by atoms with van der Waals surface area (Å²) in [5.74, 6) is -0.229. The zero-order valence-corrected chi connectivity index (χ0v) is 18.6. The molecule has 8 nitrogen and oxygen atoms in total. The van der Waals surface area contributed by atoms with Crippen molar-refractivity contribution < 1.29 is 35.9 Å². The summed E-state index contributed by atoms with van der Waals surface area (Å²) in [6.45, 7) is -1.65. The first kappa shape index (κ1) is 24.8. The van der Waals surface area contributed by atoms with Gasteiger partial charge in [0.05, 0.1) is 12.0 Å². The maximum Gasteiger partial charge on any atom is 0.422 e. The van der Waals surface area contributed by atoms with Crippen LogP contribution in [0.15, 0.2) is 71.8 Å². The van der Waals surface area contributed by atoms with Crippen LogP contribution in [-0.2, 0) is 16.6 Å². The van der Waals surface area contributed by atoms with Gasteiger partial charge in [0.2, 0.25) is 5.88 Å². The van der Waals surface area contributed by atoms with Gasteiger partial charge in [-0.05, 0) is 54.6 Å². The molecule has 3 aromatic rings. The van der Waals surface area contributed by atoms with E-state index in [4.69, 9.17) is 4.74 Å². The van der Waals surface area contributed by atoms with Gasteiger partial charge in [-0.1, -0.05) is 6.07 Å². The smallest absolute Gasteiger partial charge is 0.422 e. The number of anilines is 1. The number of pyridine rings is 1. The summed E-state index contributed by atoms with van der Waals surface area (Å²) in [6, 6.07) is 14.4. The average molecular weight is 495 g/mol. The number of methoxy groups -OCH3 is 1. The highest BCUT2D eigenvalue weighted by Gasteiger charge is 2.29. The van der Waals surface area contributed by atoms with Crippen LogP contribution in [0.2, 0.25) is 0 Å². The lowest BCUT2D eigenvalue weighted by molar-refractivity contribution is -0.154. The average Bonchev–Trinajstić information content (AvgIpc) is 2.81. The zero-order chi connectivity index (χ0) is 24.8. The van der Waals surface area contributed by atoms with Gasteiger partial charge in [0.25, 0.3) is 15.9 Å². The molecule has 0 aliphatic carbocycles. The Morgan fingerprint density at radius 3 is 2.32 bits per heavy atom. The number of nitrogens with zero attached hydrogens (tertiary/aromatic N) is 1. The maximum atomic E-state index is 12.6. The van der Waals surface area contributed by atoms with E-state index >= 15 is 0 Å². The molecule has 12 heteroatoms. The Bertz CT molecular complexity index is 1230.